The highest BCUT2D eigenvalue weighted by Crippen LogP contribution is 2.47. The maximum Gasteiger partial charge on any atom is 0.411 e. The van der Waals surface area contributed by atoms with Crippen LogP contribution in [0.3, 0.4) is 0 Å². The predicted molar refractivity (Wildman–Crippen MR) is 112 cm³/mol. The number of anilines is 1. The van der Waals surface area contributed by atoms with E-state index in [0.717, 1.165) is 0 Å². The van der Waals surface area contributed by atoms with Crippen molar-refractivity contribution in [3.8, 4) is 11.5 Å². The van der Waals surface area contributed by atoms with Crippen molar-refractivity contribution in [2.75, 3.05) is 40.8 Å². The topological polar surface area (TPSA) is 103 Å². The molecule has 0 saturated carbocycles. The summed E-state index contributed by atoms with van der Waals surface area (Å²) in [6.45, 7) is 0. The molecule has 1 heterocycles. The second-order valence-electron chi connectivity index (χ2n) is 6.86. The minimum atomic E-state index is -0.872. The number of rotatable bonds is 5. The van der Waals surface area contributed by atoms with Gasteiger partial charge in [0.25, 0.3) is 5.91 Å². The van der Waals surface area contributed by atoms with Crippen molar-refractivity contribution in [1.29, 1.82) is 0 Å². The van der Waals surface area contributed by atoms with E-state index in [1.165, 1.54) is 33.3 Å². The first kappa shape index (κ1) is 21.9. The van der Waals surface area contributed by atoms with Gasteiger partial charge in [-0.2, -0.15) is 0 Å². The molecule has 0 aliphatic carbocycles. The number of carbonyl (C=O) groups excluding carboxylic acids is 3. The molecule has 3 rings (SSSR count). The van der Waals surface area contributed by atoms with E-state index in [4.69, 9.17) is 18.9 Å². The number of likely N-dealkylation sites (N-methyl/N-ethyl adjacent to an activating group) is 1. The summed E-state index contributed by atoms with van der Waals surface area (Å²) in [5.74, 6) is -0.965. The maximum atomic E-state index is 13.3. The van der Waals surface area contributed by atoms with E-state index >= 15 is 0 Å². The Morgan fingerprint density at radius 3 is 2.19 bits per heavy atom. The Morgan fingerprint density at radius 2 is 1.58 bits per heavy atom. The SMILES string of the molecule is COC(=O)Nc1ccccc1[C@H]1[C@H](C(=O)OC)c2cc(OC)c(OC)cc2C(=O)N1C. The normalized spacial score (nSPS) is 17.5. The number of esters is 1. The molecule has 2 amide bonds. The first-order chi connectivity index (χ1) is 14.9. The van der Waals surface area contributed by atoms with Crippen LogP contribution in [0, 0.1) is 0 Å². The third-order valence-electron chi connectivity index (χ3n) is 5.33. The number of ether oxygens (including phenoxy) is 4. The second kappa shape index (κ2) is 8.95. The Balaban J connectivity index is 2.24. The number of carbonyl (C=O) groups is 3. The van der Waals surface area contributed by atoms with E-state index in [1.54, 1.807) is 43.4 Å². The van der Waals surface area contributed by atoms with E-state index in [9.17, 15) is 14.4 Å². The first-order valence-electron chi connectivity index (χ1n) is 9.42. The summed E-state index contributed by atoms with van der Waals surface area (Å²) in [5, 5.41) is 2.64. The van der Waals surface area contributed by atoms with Gasteiger partial charge in [0.1, 0.15) is 5.92 Å². The van der Waals surface area contributed by atoms with Gasteiger partial charge >= 0.3 is 12.1 Å². The third-order valence-corrected chi connectivity index (χ3v) is 5.33. The van der Waals surface area contributed by atoms with E-state index < -0.39 is 24.0 Å². The highest BCUT2D eigenvalue weighted by Gasteiger charge is 2.45. The molecule has 2 aromatic carbocycles. The van der Waals surface area contributed by atoms with Crippen LogP contribution >= 0.6 is 0 Å². The number of fused-ring (bicyclic) bond motifs is 1. The van der Waals surface area contributed by atoms with E-state index in [2.05, 4.69) is 5.32 Å². The molecule has 9 nitrogen and oxygen atoms in total. The molecular formula is C22H24N2O7. The molecule has 0 unspecified atom stereocenters. The highest BCUT2D eigenvalue weighted by atomic mass is 16.5. The summed E-state index contributed by atoms with van der Waals surface area (Å²) >= 11 is 0. The number of hydrogen-bond acceptors (Lipinski definition) is 7. The average Bonchev–Trinajstić information content (AvgIpc) is 2.80. The molecule has 2 atom stereocenters. The molecule has 31 heavy (non-hydrogen) atoms. The molecule has 2 aromatic rings. The van der Waals surface area contributed by atoms with Crippen molar-refractivity contribution in [2.45, 2.75) is 12.0 Å². The Bertz CT molecular complexity index is 1020. The van der Waals surface area contributed by atoms with Crippen LogP contribution in [0.25, 0.3) is 0 Å². The fraction of sp³-hybridized carbons (Fsp3) is 0.318. The van der Waals surface area contributed by atoms with E-state index in [-0.39, 0.29) is 5.91 Å². The van der Waals surface area contributed by atoms with Crippen LogP contribution in [0.5, 0.6) is 11.5 Å². The largest absolute Gasteiger partial charge is 0.493 e. The zero-order valence-corrected chi connectivity index (χ0v) is 17.9. The van der Waals surface area contributed by atoms with Crippen molar-refractivity contribution in [3.05, 3.63) is 53.1 Å². The molecule has 1 N–H and O–H groups in total. The summed E-state index contributed by atoms with van der Waals surface area (Å²) < 4.78 is 20.5. The monoisotopic (exact) mass is 428 g/mol. The molecule has 0 aromatic heterocycles. The van der Waals surface area contributed by atoms with Crippen molar-refractivity contribution >= 4 is 23.7 Å². The number of para-hydroxylation sites is 1. The van der Waals surface area contributed by atoms with Gasteiger partial charge in [-0.1, -0.05) is 18.2 Å². The van der Waals surface area contributed by atoms with Crippen molar-refractivity contribution < 1.29 is 33.3 Å². The van der Waals surface area contributed by atoms with Gasteiger partial charge in [-0.05, 0) is 29.3 Å². The molecule has 1 aliphatic rings. The van der Waals surface area contributed by atoms with Gasteiger partial charge in [-0.3, -0.25) is 14.9 Å². The van der Waals surface area contributed by atoms with Gasteiger partial charge in [0, 0.05) is 18.3 Å². The van der Waals surface area contributed by atoms with Crippen LogP contribution in [0.15, 0.2) is 36.4 Å². The zero-order chi connectivity index (χ0) is 22.7. The summed E-state index contributed by atoms with van der Waals surface area (Å²) in [4.78, 5) is 39.5. The Morgan fingerprint density at radius 1 is 0.935 bits per heavy atom. The zero-order valence-electron chi connectivity index (χ0n) is 17.9. The van der Waals surface area contributed by atoms with Crippen molar-refractivity contribution in [1.82, 2.24) is 4.90 Å². The first-order valence-corrected chi connectivity index (χ1v) is 9.42. The molecule has 1 aliphatic heterocycles. The lowest BCUT2D eigenvalue weighted by molar-refractivity contribution is -0.144. The van der Waals surface area contributed by atoms with Gasteiger partial charge in [-0.25, -0.2) is 4.79 Å². The summed E-state index contributed by atoms with van der Waals surface area (Å²) in [6, 6.07) is 9.31. The molecule has 0 radical (unpaired) electrons. The van der Waals surface area contributed by atoms with Gasteiger partial charge < -0.3 is 23.8 Å². The molecule has 0 spiro atoms. The lowest BCUT2D eigenvalue weighted by Gasteiger charge is -2.40. The van der Waals surface area contributed by atoms with Gasteiger partial charge in [-0.15, -0.1) is 0 Å². The summed E-state index contributed by atoms with van der Waals surface area (Å²) in [5.41, 5.74) is 1.73. The molecule has 0 bridgehead atoms. The van der Waals surface area contributed by atoms with E-state index in [1.807, 2.05) is 0 Å². The van der Waals surface area contributed by atoms with E-state index in [0.29, 0.717) is 33.9 Å². The summed E-state index contributed by atoms with van der Waals surface area (Å²) in [7, 11) is 7.07. The lowest BCUT2D eigenvalue weighted by Crippen LogP contribution is -2.43. The van der Waals surface area contributed by atoms with Crippen molar-refractivity contribution in [3.63, 3.8) is 0 Å². The lowest BCUT2D eigenvalue weighted by atomic mass is 9.79. The fourth-order valence-electron chi connectivity index (χ4n) is 3.85. The minimum absolute atomic E-state index is 0.310. The number of hydrogen-bond donors (Lipinski definition) is 1. The number of amides is 2. The van der Waals surface area contributed by atoms with Crippen molar-refractivity contribution in [2.24, 2.45) is 0 Å². The highest BCUT2D eigenvalue weighted by molar-refractivity contribution is 6.01. The van der Waals surface area contributed by atoms with Crippen LogP contribution < -0.4 is 14.8 Å². The third kappa shape index (κ3) is 3.86. The van der Waals surface area contributed by atoms with Crippen LogP contribution in [0.2, 0.25) is 0 Å². The summed E-state index contributed by atoms with van der Waals surface area (Å²) in [6.07, 6.45) is -0.668. The Hall–Kier alpha value is -3.75. The Kier molecular flexibility index (Phi) is 6.33. The molecule has 9 heteroatoms. The maximum absolute atomic E-state index is 13.3. The van der Waals surface area contributed by atoms with Gasteiger partial charge in [0.15, 0.2) is 11.5 Å². The quantitative estimate of drug-likeness (QED) is 0.730. The number of benzene rings is 2. The Labute approximate surface area is 179 Å². The number of nitrogens with one attached hydrogen (secondary N) is 1. The average molecular weight is 428 g/mol. The molecule has 164 valence electrons. The standard InChI is InChI=1S/C22H24N2O7/c1-24-19(12-8-6-7-9-15(12)23-22(27)31-5)18(21(26)30-4)13-10-16(28-2)17(29-3)11-14(13)20(24)25/h6-11,18-19H,1-5H3,(H,23,27)/t18-,19+/m1/s1. The van der Waals surface area contributed by atoms with Gasteiger partial charge in [0.05, 0.1) is 34.5 Å². The fourth-order valence-corrected chi connectivity index (χ4v) is 3.85. The minimum Gasteiger partial charge on any atom is -0.493 e. The predicted octanol–water partition coefficient (Wildman–Crippen LogP) is 2.97. The molecule has 0 fully saturated rings. The second-order valence-corrected chi connectivity index (χ2v) is 6.86. The number of methoxy groups -OCH3 is 4. The molecular weight excluding hydrogens is 404 g/mol. The van der Waals surface area contributed by atoms with Crippen LogP contribution in [-0.2, 0) is 14.3 Å². The van der Waals surface area contributed by atoms with Crippen LogP contribution in [0.1, 0.15) is 33.4 Å². The molecule has 0 saturated heterocycles. The number of nitrogens with zero attached hydrogens (tertiary/aromatic N) is 1. The van der Waals surface area contributed by atoms with Crippen LogP contribution in [-0.4, -0.2) is 58.4 Å². The smallest absolute Gasteiger partial charge is 0.411 e. The van der Waals surface area contributed by atoms with Gasteiger partial charge in [0.2, 0.25) is 0 Å². The van der Waals surface area contributed by atoms with Crippen LogP contribution in [0.4, 0.5) is 10.5 Å².